The van der Waals surface area contributed by atoms with Gasteiger partial charge in [0.25, 0.3) is 0 Å². The number of aromatic carboxylic acids is 1. The van der Waals surface area contributed by atoms with Crippen molar-refractivity contribution in [1.82, 2.24) is 4.57 Å². The normalized spacial score (nSPS) is 10.8. The number of ketones is 1. The van der Waals surface area contributed by atoms with Crippen LogP contribution >= 0.6 is 11.3 Å². The van der Waals surface area contributed by atoms with Crippen molar-refractivity contribution in [1.29, 1.82) is 0 Å². The number of carbonyl (C=O) groups is 2. The molecule has 0 spiro atoms. The van der Waals surface area contributed by atoms with Crippen LogP contribution in [0.25, 0.3) is 10.1 Å². The van der Waals surface area contributed by atoms with E-state index < -0.39 is 5.97 Å². The van der Waals surface area contributed by atoms with Gasteiger partial charge in [0.05, 0.1) is 4.88 Å². The van der Waals surface area contributed by atoms with Gasteiger partial charge in [-0.1, -0.05) is 18.2 Å². The van der Waals surface area contributed by atoms with Crippen molar-refractivity contribution in [2.24, 2.45) is 7.05 Å². The predicted octanol–water partition coefficient (Wildman–Crippen LogP) is 3.17. The lowest BCUT2D eigenvalue weighted by molar-refractivity contribution is 0.0686. The zero-order valence-electron chi connectivity index (χ0n) is 10.7. The average Bonchev–Trinajstić information content (AvgIpc) is 3.01. The Bertz CT molecular complexity index is 796. The van der Waals surface area contributed by atoms with E-state index in [0.717, 1.165) is 10.1 Å². The summed E-state index contributed by atoms with van der Waals surface area (Å²) in [7, 11) is 1.62. The van der Waals surface area contributed by atoms with E-state index in [4.69, 9.17) is 5.11 Å². The summed E-state index contributed by atoms with van der Waals surface area (Å²) in [5.41, 5.74) is 0.505. The molecule has 0 saturated carbocycles. The van der Waals surface area contributed by atoms with Crippen LogP contribution in [0.4, 0.5) is 0 Å². The molecule has 0 aliphatic heterocycles. The molecule has 0 radical (unpaired) electrons. The van der Waals surface area contributed by atoms with Crippen LogP contribution < -0.4 is 0 Å². The predicted molar refractivity (Wildman–Crippen MR) is 77.6 cm³/mol. The molecule has 0 amide bonds. The molecule has 3 aromatic rings. The van der Waals surface area contributed by atoms with E-state index in [-0.39, 0.29) is 11.5 Å². The number of carboxylic acids is 1. The van der Waals surface area contributed by atoms with Crippen LogP contribution in [0.2, 0.25) is 0 Å². The first-order valence-corrected chi connectivity index (χ1v) is 6.81. The smallest absolute Gasteiger partial charge is 0.352 e. The maximum Gasteiger partial charge on any atom is 0.352 e. The molecule has 0 bridgehead atoms. The van der Waals surface area contributed by atoms with Gasteiger partial charge in [0, 0.05) is 23.5 Å². The summed E-state index contributed by atoms with van der Waals surface area (Å²) >= 11 is 1.42. The number of carboxylic acid groups (broad SMARTS) is 1. The fourth-order valence-electron chi connectivity index (χ4n) is 2.14. The Kier molecular flexibility index (Phi) is 2.91. The average molecular weight is 285 g/mol. The maximum absolute atomic E-state index is 12.4. The number of aromatic nitrogens is 1. The summed E-state index contributed by atoms with van der Waals surface area (Å²) in [4.78, 5) is 24.0. The first-order chi connectivity index (χ1) is 9.56. The molecule has 2 heterocycles. The number of rotatable bonds is 3. The second-order valence-electron chi connectivity index (χ2n) is 4.51. The van der Waals surface area contributed by atoms with Gasteiger partial charge in [-0.05, 0) is 23.6 Å². The number of carbonyl (C=O) groups excluding carboxylic acids is 1. The Morgan fingerprint density at radius 1 is 1.20 bits per heavy atom. The molecule has 5 heteroatoms. The van der Waals surface area contributed by atoms with E-state index in [2.05, 4.69) is 0 Å². The minimum absolute atomic E-state index is 0.106. The molecule has 0 saturated heterocycles. The van der Waals surface area contributed by atoms with E-state index in [0.29, 0.717) is 10.4 Å². The number of fused-ring (bicyclic) bond motifs is 1. The fraction of sp³-hybridized carbons (Fsp3) is 0.0667. The molecular formula is C15H11NO3S. The van der Waals surface area contributed by atoms with Gasteiger partial charge < -0.3 is 9.67 Å². The Balaban J connectivity index is 2.03. The van der Waals surface area contributed by atoms with Gasteiger partial charge in [-0.2, -0.15) is 0 Å². The fourth-order valence-corrected chi connectivity index (χ4v) is 3.16. The van der Waals surface area contributed by atoms with Gasteiger partial charge in [0.15, 0.2) is 0 Å². The number of benzene rings is 1. The van der Waals surface area contributed by atoms with Crippen molar-refractivity contribution >= 4 is 33.2 Å². The maximum atomic E-state index is 12.4. The second-order valence-corrected chi connectivity index (χ2v) is 5.59. The quantitative estimate of drug-likeness (QED) is 0.752. The monoisotopic (exact) mass is 285 g/mol. The molecule has 0 aliphatic rings. The van der Waals surface area contributed by atoms with Crippen molar-refractivity contribution in [3.63, 3.8) is 0 Å². The lowest BCUT2D eigenvalue weighted by atomic mass is 10.1. The van der Waals surface area contributed by atoms with E-state index in [1.165, 1.54) is 22.0 Å². The van der Waals surface area contributed by atoms with Crippen LogP contribution in [0.5, 0.6) is 0 Å². The molecule has 0 unspecified atom stereocenters. The summed E-state index contributed by atoms with van der Waals surface area (Å²) in [6, 6.07) is 11.0. The van der Waals surface area contributed by atoms with Crippen molar-refractivity contribution in [3.05, 3.63) is 58.7 Å². The molecule has 4 nitrogen and oxygen atoms in total. The lowest BCUT2D eigenvalue weighted by Gasteiger charge is -1.93. The van der Waals surface area contributed by atoms with Crippen LogP contribution in [0.15, 0.2) is 42.6 Å². The van der Waals surface area contributed by atoms with E-state index in [1.54, 1.807) is 13.2 Å². The first kappa shape index (κ1) is 12.6. The molecule has 1 N–H and O–H groups in total. The number of aryl methyl sites for hydroxylation is 1. The summed E-state index contributed by atoms with van der Waals surface area (Å²) < 4.78 is 2.49. The zero-order valence-corrected chi connectivity index (χ0v) is 11.5. The molecule has 20 heavy (non-hydrogen) atoms. The third kappa shape index (κ3) is 2.02. The Labute approximate surface area is 118 Å². The minimum Gasteiger partial charge on any atom is -0.477 e. The highest BCUT2D eigenvalue weighted by molar-refractivity contribution is 7.21. The molecule has 3 rings (SSSR count). The van der Waals surface area contributed by atoms with Gasteiger partial charge in [0.2, 0.25) is 5.78 Å². The van der Waals surface area contributed by atoms with Crippen molar-refractivity contribution in [2.75, 3.05) is 0 Å². The zero-order chi connectivity index (χ0) is 14.3. The Morgan fingerprint density at radius 2 is 1.95 bits per heavy atom. The molecule has 1 aromatic carbocycles. The summed E-state index contributed by atoms with van der Waals surface area (Å²) in [6.07, 6.45) is 1.55. The highest BCUT2D eigenvalue weighted by atomic mass is 32.1. The van der Waals surface area contributed by atoms with Crippen LogP contribution in [-0.2, 0) is 7.05 Å². The van der Waals surface area contributed by atoms with Gasteiger partial charge in [-0.3, -0.25) is 4.79 Å². The summed E-state index contributed by atoms with van der Waals surface area (Å²) in [6.45, 7) is 0. The molecular weight excluding hydrogens is 274 g/mol. The van der Waals surface area contributed by atoms with Crippen molar-refractivity contribution in [2.45, 2.75) is 0 Å². The van der Waals surface area contributed by atoms with Crippen LogP contribution in [0, 0.1) is 0 Å². The third-order valence-electron chi connectivity index (χ3n) is 3.14. The number of hydrogen-bond donors (Lipinski definition) is 1. The van der Waals surface area contributed by atoms with Gasteiger partial charge >= 0.3 is 5.97 Å². The second kappa shape index (κ2) is 4.61. The third-order valence-corrected chi connectivity index (χ3v) is 4.25. The molecule has 0 fully saturated rings. The van der Waals surface area contributed by atoms with Crippen LogP contribution in [0.1, 0.15) is 25.7 Å². The molecule has 0 aliphatic carbocycles. The number of thiophene rings is 1. The van der Waals surface area contributed by atoms with E-state index >= 15 is 0 Å². The SMILES string of the molecule is Cn1cc(C(=O)c2cc3ccccc3s2)cc1C(=O)O. The standard InChI is InChI=1S/C15H11NO3S/c1-16-8-10(6-11(16)15(18)19)14(17)13-7-9-4-2-3-5-12(9)20-13/h2-8H,1H3,(H,18,19). The van der Waals surface area contributed by atoms with E-state index in [9.17, 15) is 9.59 Å². The highest BCUT2D eigenvalue weighted by Gasteiger charge is 2.18. The van der Waals surface area contributed by atoms with Crippen LogP contribution in [0.3, 0.4) is 0 Å². The molecule has 100 valence electrons. The highest BCUT2D eigenvalue weighted by Crippen LogP contribution is 2.27. The van der Waals surface area contributed by atoms with Gasteiger partial charge in [0.1, 0.15) is 5.69 Å². The topological polar surface area (TPSA) is 59.3 Å². The Morgan fingerprint density at radius 3 is 2.60 bits per heavy atom. The molecule has 0 atom stereocenters. The first-order valence-electron chi connectivity index (χ1n) is 5.99. The van der Waals surface area contributed by atoms with Gasteiger partial charge in [-0.25, -0.2) is 4.79 Å². The summed E-state index contributed by atoms with van der Waals surface area (Å²) in [5, 5.41) is 10.0. The van der Waals surface area contributed by atoms with Crippen LogP contribution in [-0.4, -0.2) is 21.4 Å². The van der Waals surface area contributed by atoms with Crippen molar-refractivity contribution < 1.29 is 14.7 Å². The van der Waals surface area contributed by atoms with E-state index in [1.807, 2.05) is 30.3 Å². The molecule has 2 aromatic heterocycles. The Hall–Kier alpha value is -2.40. The number of nitrogens with zero attached hydrogens (tertiary/aromatic N) is 1. The minimum atomic E-state index is -1.04. The largest absolute Gasteiger partial charge is 0.477 e. The summed E-state index contributed by atoms with van der Waals surface area (Å²) in [5.74, 6) is -1.18. The lowest BCUT2D eigenvalue weighted by Crippen LogP contribution is -2.02. The number of hydrogen-bond acceptors (Lipinski definition) is 3. The van der Waals surface area contributed by atoms with Crippen molar-refractivity contribution in [3.8, 4) is 0 Å². The van der Waals surface area contributed by atoms with Gasteiger partial charge in [-0.15, -0.1) is 11.3 Å².